The van der Waals surface area contributed by atoms with Gasteiger partial charge in [-0.2, -0.15) is 5.10 Å². The Morgan fingerprint density at radius 1 is 1.18 bits per heavy atom. The summed E-state index contributed by atoms with van der Waals surface area (Å²) in [5.74, 6) is 6.49. The van der Waals surface area contributed by atoms with Gasteiger partial charge in [0.05, 0.1) is 12.1 Å². The summed E-state index contributed by atoms with van der Waals surface area (Å²) in [5, 5.41) is 5.66. The van der Waals surface area contributed by atoms with E-state index in [2.05, 4.69) is 5.10 Å². The molecule has 0 fully saturated rings. The van der Waals surface area contributed by atoms with Crippen molar-refractivity contribution in [2.24, 2.45) is 10.9 Å². The summed E-state index contributed by atoms with van der Waals surface area (Å²) >= 11 is 5.62. The zero-order valence-corrected chi connectivity index (χ0v) is 10.0. The van der Waals surface area contributed by atoms with Crippen molar-refractivity contribution in [3.8, 4) is 5.75 Å². The molecule has 4 heteroatoms. The number of hydrogen-bond acceptors (Lipinski definition) is 3. The normalized spacial score (nSPS) is 11.1. The van der Waals surface area contributed by atoms with Gasteiger partial charge in [0.2, 0.25) is 0 Å². The van der Waals surface area contributed by atoms with Crippen molar-refractivity contribution >= 4 is 28.6 Å². The largest absolute Gasteiger partial charge is 0.492 e. The number of benzene rings is 2. The first-order valence-corrected chi connectivity index (χ1v) is 5.84. The lowest BCUT2D eigenvalue weighted by atomic mass is 10.0. The molecule has 2 aromatic carbocycles. The summed E-state index contributed by atoms with van der Waals surface area (Å²) in [6.07, 6.45) is 1.63. The average molecular weight is 249 g/mol. The van der Waals surface area contributed by atoms with E-state index in [9.17, 15) is 0 Å². The summed E-state index contributed by atoms with van der Waals surface area (Å²) in [7, 11) is 0. The highest BCUT2D eigenvalue weighted by atomic mass is 35.5. The molecule has 0 bridgehead atoms. The molecule has 88 valence electrons. The lowest BCUT2D eigenvalue weighted by Crippen LogP contribution is -1.99. The molecule has 0 saturated carbocycles. The molecule has 0 atom stereocenters. The third-order valence-electron chi connectivity index (χ3n) is 2.47. The van der Waals surface area contributed by atoms with Gasteiger partial charge < -0.3 is 10.6 Å². The van der Waals surface area contributed by atoms with Crippen LogP contribution in [0.3, 0.4) is 0 Å². The highest BCUT2D eigenvalue weighted by molar-refractivity contribution is 6.18. The fourth-order valence-electron chi connectivity index (χ4n) is 1.76. The van der Waals surface area contributed by atoms with Crippen molar-refractivity contribution in [2.75, 3.05) is 12.5 Å². The Balaban J connectivity index is 2.54. The number of fused-ring (bicyclic) bond motifs is 1. The molecule has 2 rings (SSSR count). The monoisotopic (exact) mass is 248 g/mol. The highest BCUT2D eigenvalue weighted by Crippen LogP contribution is 2.27. The number of hydrogen-bond donors (Lipinski definition) is 1. The van der Waals surface area contributed by atoms with Gasteiger partial charge in [0.1, 0.15) is 12.4 Å². The van der Waals surface area contributed by atoms with Crippen LogP contribution in [0.4, 0.5) is 0 Å². The standard InChI is InChI=1S/C13H13ClN2O/c14-7-8-17-13-6-5-10(9-16-15)11-3-1-2-4-12(11)13/h1-6,9H,7-8,15H2. The summed E-state index contributed by atoms with van der Waals surface area (Å²) in [6, 6.07) is 11.8. The zero-order chi connectivity index (χ0) is 12.1. The number of alkyl halides is 1. The third kappa shape index (κ3) is 2.50. The molecule has 3 nitrogen and oxygen atoms in total. The lowest BCUT2D eigenvalue weighted by Gasteiger charge is -2.09. The molecule has 2 N–H and O–H groups in total. The van der Waals surface area contributed by atoms with E-state index in [0.717, 1.165) is 22.1 Å². The Morgan fingerprint density at radius 2 is 1.94 bits per heavy atom. The average Bonchev–Trinajstić information content (AvgIpc) is 2.38. The van der Waals surface area contributed by atoms with Crippen molar-refractivity contribution < 1.29 is 4.74 Å². The number of halogens is 1. The molecule has 0 aromatic heterocycles. The smallest absolute Gasteiger partial charge is 0.127 e. The van der Waals surface area contributed by atoms with Crippen molar-refractivity contribution in [1.29, 1.82) is 0 Å². The maximum absolute atomic E-state index is 5.62. The molecular formula is C13H13ClN2O. The van der Waals surface area contributed by atoms with E-state index >= 15 is 0 Å². The summed E-state index contributed by atoms with van der Waals surface area (Å²) in [4.78, 5) is 0. The first-order chi connectivity index (χ1) is 8.36. The number of ether oxygens (including phenoxy) is 1. The first-order valence-electron chi connectivity index (χ1n) is 5.30. The van der Waals surface area contributed by atoms with Gasteiger partial charge in [-0.05, 0) is 17.5 Å². The number of nitrogens with two attached hydrogens (primary N) is 1. The van der Waals surface area contributed by atoms with Crippen LogP contribution in [0.5, 0.6) is 5.75 Å². The summed E-state index contributed by atoms with van der Waals surface area (Å²) in [5.41, 5.74) is 0.973. The van der Waals surface area contributed by atoms with Crippen molar-refractivity contribution in [1.82, 2.24) is 0 Å². The lowest BCUT2D eigenvalue weighted by molar-refractivity contribution is 0.347. The molecule has 0 heterocycles. The first kappa shape index (κ1) is 11.7. The molecule has 0 radical (unpaired) electrons. The Kier molecular flexibility index (Phi) is 3.83. The summed E-state index contributed by atoms with van der Waals surface area (Å²) in [6.45, 7) is 0.496. The minimum absolute atomic E-state index is 0.473. The van der Waals surface area contributed by atoms with Gasteiger partial charge in [0.15, 0.2) is 0 Å². The van der Waals surface area contributed by atoms with Crippen LogP contribution in [0.1, 0.15) is 5.56 Å². The van der Waals surface area contributed by atoms with Crippen LogP contribution < -0.4 is 10.6 Å². The fraction of sp³-hybridized carbons (Fsp3) is 0.154. The van der Waals surface area contributed by atoms with Crippen molar-refractivity contribution in [2.45, 2.75) is 0 Å². The molecule has 0 saturated heterocycles. The summed E-state index contributed by atoms with van der Waals surface area (Å²) < 4.78 is 5.59. The third-order valence-corrected chi connectivity index (χ3v) is 2.62. The fourth-order valence-corrected chi connectivity index (χ4v) is 1.84. The Bertz CT molecular complexity index is 540. The molecule has 0 aliphatic carbocycles. The minimum Gasteiger partial charge on any atom is -0.492 e. The second kappa shape index (κ2) is 5.55. The van der Waals surface area contributed by atoms with E-state index in [1.807, 2.05) is 36.4 Å². The molecule has 0 spiro atoms. The Hall–Kier alpha value is -1.74. The molecule has 0 aliphatic heterocycles. The van der Waals surface area contributed by atoms with Gasteiger partial charge in [-0.15, -0.1) is 11.6 Å². The minimum atomic E-state index is 0.473. The molecule has 0 amide bonds. The molecular weight excluding hydrogens is 236 g/mol. The molecule has 2 aromatic rings. The Morgan fingerprint density at radius 3 is 2.65 bits per heavy atom. The van der Waals surface area contributed by atoms with Gasteiger partial charge >= 0.3 is 0 Å². The van der Waals surface area contributed by atoms with E-state index < -0.39 is 0 Å². The van der Waals surface area contributed by atoms with Crippen LogP contribution in [0.2, 0.25) is 0 Å². The van der Waals surface area contributed by atoms with Crippen LogP contribution in [-0.2, 0) is 0 Å². The van der Waals surface area contributed by atoms with E-state index in [0.29, 0.717) is 12.5 Å². The topological polar surface area (TPSA) is 47.6 Å². The van der Waals surface area contributed by atoms with Gasteiger partial charge in [-0.1, -0.05) is 24.3 Å². The van der Waals surface area contributed by atoms with E-state index in [4.69, 9.17) is 22.2 Å². The van der Waals surface area contributed by atoms with E-state index in [-0.39, 0.29) is 0 Å². The van der Waals surface area contributed by atoms with Crippen molar-refractivity contribution in [3.05, 3.63) is 42.0 Å². The molecule has 0 unspecified atom stereocenters. The van der Waals surface area contributed by atoms with Crippen LogP contribution in [0, 0.1) is 0 Å². The molecule has 0 aliphatic rings. The number of hydrazone groups is 1. The van der Waals surface area contributed by atoms with Crippen LogP contribution in [0.25, 0.3) is 10.8 Å². The van der Waals surface area contributed by atoms with Crippen molar-refractivity contribution in [3.63, 3.8) is 0 Å². The van der Waals surface area contributed by atoms with E-state index in [1.165, 1.54) is 0 Å². The van der Waals surface area contributed by atoms with Crippen LogP contribution >= 0.6 is 11.6 Å². The predicted octanol–water partition coefficient (Wildman–Crippen LogP) is 2.75. The second-order valence-corrected chi connectivity index (χ2v) is 3.89. The Labute approximate surface area is 105 Å². The van der Waals surface area contributed by atoms with Gasteiger partial charge in [-0.3, -0.25) is 0 Å². The number of nitrogens with zero attached hydrogens (tertiary/aromatic N) is 1. The predicted molar refractivity (Wildman–Crippen MR) is 71.9 cm³/mol. The van der Waals surface area contributed by atoms with Crippen LogP contribution in [0.15, 0.2) is 41.5 Å². The van der Waals surface area contributed by atoms with Gasteiger partial charge in [0.25, 0.3) is 0 Å². The maximum atomic E-state index is 5.62. The SMILES string of the molecule is NN=Cc1ccc(OCCCl)c2ccccc12. The molecule has 17 heavy (non-hydrogen) atoms. The van der Waals surface area contributed by atoms with E-state index in [1.54, 1.807) is 6.21 Å². The van der Waals surface area contributed by atoms with Gasteiger partial charge in [-0.25, -0.2) is 0 Å². The maximum Gasteiger partial charge on any atom is 0.127 e. The zero-order valence-electron chi connectivity index (χ0n) is 9.27. The highest BCUT2D eigenvalue weighted by Gasteiger charge is 2.04. The second-order valence-electron chi connectivity index (χ2n) is 3.51. The van der Waals surface area contributed by atoms with Crippen LogP contribution in [-0.4, -0.2) is 18.7 Å². The number of rotatable bonds is 4. The quantitative estimate of drug-likeness (QED) is 0.391. The van der Waals surface area contributed by atoms with Gasteiger partial charge in [0, 0.05) is 10.9 Å².